The van der Waals surface area contributed by atoms with E-state index in [0.29, 0.717) is 11.6 Å². The Morgan fingerprint density at radius 2 is 2.17 bits per heavy atom. The van der Waals surface area contributed by atoms with Crippen molar-refractivity contribution in [1.29, 1.82) is 0 Å². The zero-order valence-electron chi connectivity index (χ0n) is 11.4. The number of ether oxygens (including phenoxy) is 1. The fraction of sp³-hybridized carbons (Fsp3) is 0.667. The molecule has 0 saturated heterocycles. The zero-order valence-corrected chi connectivity index (χ0v) is 12.2. The lowest BCUT2D eigenvalue weighted by atomic mass is 10.2. The van der Waals surface area contributed by atoms with Crippen LogP contribution in [0.15, 0.2) is 0 Å². The molecule has 0 radical (unpaired) electrons. The first-order valence-electron chi connectivity index (χ1n) is 5.82. The van der Waals surface area contributed by atoms with Gasteiger partial charge < -0.3 is 9.84 Å². The molecule has 2 N–H and O–H groups in total. The Bertz CT molecular complexity index is 421. The van der Waals surface area contributed by atoms with Crippen LogP contribution in [0.5, 0.6) is 0 Å². The molecule has 0 aromatic carbocycles. The average molecular weight is 272 g/mol. The number of aliphatic hydroxyl groups is 1. The van der Waals surface area contributed by atoms with Crippen LogP contribution in [-0.2, 0) is 11.2 Å². The normalized spacial score (nSPS) is 13.2. The summed E-state index contributed by atoms with van der Waals surface area (Å²) in [5.41, 5.74) is 0.297. The number of hydrogen-bond donors (Lipinski definition) is 2. The van der Waals surface area contributed by atoms with E-state index in [9.17, 15) is 9.90 Å². The first-order valence-corrected chi connectivity index (χ1v) is 6.63. The van der Waals surface area contributed by atoms with Crippen molar-refractivity contribution in [3.63, 3.8) is 0 Å². The monoisotopic (exact) mass is 272 g/mol. The van der Waals surface area contributed by atoms with Gasteiger partial charge >= 0.3 is 6.09 Å². The lowest BCUT2D eigenvalue weighted by molar-refractivity contribution is 0.0636. The van der Waals surface area contributed by atoms with E-state index < -0.39 is 17.8 Å². The van der Waals surface area contributed by atoms with Gasteiger partial charge in [0, 0.05) is 11.3 Å². The fourth-order valence-electron chi connectivity index (χ4n) is 1.33. The van der Waals surface area contributed by atoms with E-state index in [2.05, 4.69) is 10.3 Å². The predicted molar refractivity (Wildman–Crippen MR) is 72.1 cm³/mol. The summed E-state index contributed by atoms with van der Waals surface area (Å²) < 4.78 is 5.14. The lowest BCUT2D eigenvalue weighted by Crippen LogP contribution is -2.27. The van der Waals surface area contributed by atoms with Gasteiger partial charge in [-0.1, -0.05) is 0 Å². The van der Waals surface area contributed by atoms with Gasteiger partial charge in [0.25, 0.3) is 0 Å². The third kappa shape index (κ3) is 5.01. The van der Waals surface area contributed by atoms with E-state index in [-0.39, 0.29) is 0 Å². The Morgan fingerprint density at radius 1 is 1.56 bits per heavy atom. The lowest BCUT2D eigenvalue weighted by Gasteiger charge is -2.18. The van der Waals surface area contributed by atoms with Crippen molar-refractivity contribution in [2.24, 2.45) is 0 Å². The number of anilines is 1. The summed E-state index contributed by atoms with van der Waals surface area (Å²) in [5, 5.41) is 12.4. The van der Waals surface area contributed by atoms with E-state index in [4.69, 9.17) is 4.74 Å². The molecule has 102 valence electrons. The van der Waals surface area contributed by atoms with Crippen LogP contribution < -0.4 is 5.32 Å². The maximum atomic E-state index is 11.6. The summed E-state index contributed by atoms with van der Waals surface area (Å²) in [7, 11) is 0. The first kappa shape index (κ1) is 14.9. The molecule has 0 fully saturated rings. The summed E-state index contributed by atoms with van der Waals surface area (Å²) in [6, 6.07) is 0. The largest absolute Gasteiger partial charge is 0.444 e. The third-order valence-corrected chi connectivity index (χ3v) is 3.08. The molecule has 0 aliphatic carbocycles. The van der Waals surface area contributed by atoms with Crippen LogP contribution in [0.25, 0.3) is 0 Å². The Hall–Kier alpha value is -1.14. The van der Waals surface area contributed by atoms with Crippen LogP contribution in [0, 0.1) is 6.92 Å². The van der Waals surface area contributed by atoms with E-state index in [1.165, 1.54) is 11.3 Å². The molecule has 0 bridgehead atoms. The zero-order chi connectivity index (χ0) is 13.9. The molecule has 0 aliphatic heterocycles. The average Bonchev–Trinajstić information content (AvgIpc) is 2.41. The minimum atomic E-state index is -0.529. The van der Waals surface area contributed by atoms with Crippen LogP contribution in [0.2, 0.25) is 0 Å². The van der Waals surface area contributed by atoms with Gasteiger partial charge in [0.2, 0.25) is 0 Å². The van der Waals surface area contributed by atoms with Crippen molar-refractivity contribution >= 4 is 22.6 Å². The number of thiazole rings is 1. The number of rotatable bonds is 3. The molecule has 1 aromatic heterocycles. The molecule has 1 aromatic rings. The molecule has 6 heteroatoms. The smallest absolute Gasteiger partial charge is 0.413 e. The van der Waals surface area contributed by atoms with Gasteiger partial charge in [-0.05, 0) is 34.6 Å². The molecule has 0 unspecified atom stereocenters. The standard InChI is InChI=1S/C12H20N2O3S/c1-7(15)6-9-8(2)13-10(18-9)14-11(16)17-12(3,4)5/h7,15H,6H2,1-5H3,(H,13,14,16)/t7-/m1/s1. The summed E-state index contributed by atoms with van der Waals surface area (Å²) in [4.78, 5) is 16.8. The second-order valence-electron chi connectivity index (χ2n) is 5.21. The number of aliphatic hydroxyl groups excluding tert-OH is 1. The van der Waals surface area contributed by atoms with Crippen molar-refractivity contribution in [2.75, 3.05) is 5.32 Å². The number of nitrogens with zero attached hydrogens (tertiary/aromatic N) is 1. The van der Waals surface area contributed by atoms with Crippen molar-refractivity contribution in [2.45, 2.75) is 52.7 Å². The number of amides is 1. The van der Waals surface area contributed by atoms with E-state index in [1.807, 2.05) is 6.92 Å². The van der Waals surface area contributed by atoms with Gasteiger partial charge in [0.05, 0.1) is 11.8 Å². The molecule has 0 aliphatic rings. The molecule has 1 atom stereocenters. The van der Waals surface area contributed by atoms with E-state index in [0.717, 1.165) is 10.6 Å². The summed E-state index contributed by atoms with van der Waals surface area (Å²) in [6.45, 7) is 8.99. The topological polar surface area (TPSA) is 71.5 Å². The highest BCUT2D eigenvalue weighted by Gasteiger charge is 2.18. The van der Waals surface area contributed by atoms with Crippen molar-refractivity contribution in [1.82, 2.24) is 4.98 Å². The number of hydrogen-bond acceptors (Lipinski definition) is 5. The molecular formula is C12H20N2O3S. The Balaban J connectivity index is 2.66. The first-order chi connectivity index (χ1) is 8.17. The highest BCUT2D eigenvalue weighted by atomic mass is 32.1. The van der Waals surface area contributed by atoms with Crippen LogP contribution in [0.3, 0.4) is 0 Å². The minimum absolute atomic E-state index is 0.418. The molecule has 0 spiro atoms. The predicted octanol–water partition coefficient (Wildman–Crippen LogP) is 2.72. The van der Waals surface area contributed by atoms with Gasteiger partial charge in [0.15, 0.2) is 5.13 Å². The van der Waals surface area contributed by atoms with E-state index in [1.54, 1.807) is 27.7 Å². The number of carbonyl (C=O) groups is 1. The van der Waals surface area contributed by atoms with Gasteiger partial charge in [-0.25, -0.2) is 9.78 Å². The second kappa shape index (κ2) is 5.67. The number of aryl methyl sites for hydroxylation is 1. The Morgan fingerprint density at radius 3 is 2.67 bits per heavy atom. The molecule has 5 nitrogen and oxygen atoms in total. The number of carbonyl (C=O) groups excluding carboxylic acids is 1. The van der Waals surface area contributed by atoms with Crippen molar-refractivity contribution in [3.8, 4) is 0 Å². The number of nitrogens with one attached hydrogen (secondary N) is 1. The third-order valence-electron chi connectivity index (χ3n) is 1.98. The fourth-order valence-corrected chi connectivity index (χ4v) is 2.40. The second-order valence-corrected chi connectivity index (χ2v) is 6.29. The maximum Gasteiger partial charge on any atom is 0.413 e. The molecule has 18 heavy (non-hydrogen) atoms. The van der Waals surface area contributed by atoms with Crippen LogP contribution in [0.4, 0.5) is 9.93 Å². The molecule has 1 amide bonds. The number of aromatic nitrogens is 1. The summed E-state index contributed by atoms with van der Waals surface area (Å²) in [5.74, 6) is 0. The molecule has 1 heterocycles. The van der Waals surface area contributed by atoms with Gasteiger partial charge in [0.1, 0.15) is 5.60 Å². The highest BCUT2D eigenvalue weighted by molar-refractivity contribution is 7.15. The van der Waals surface area contributed by atoms with Crippen LogP contribution in [-0.4, -0.2) is 27.9 Å². The van der Waals surface area contributed by atoms with E-state index >= 15 is 0 Å². The van der Waals surface area contributed by atoms with Gasteiger partial charge in [-0.3, -0.25) is 5.32 Å². The Kier molecular flexibility index (Phi) is 4.70. The van der Waals surface area contributed by atoms with Gasteiger partial charge in [-0.15, -0.1) is 11.3 Å². The van der Waals surface area contributed by atoms with Crippen LogP contribution >= 0.6 is 11.3 Å². The summed E-state index contributed by atoms with van der Waals surface area (Å²) >= 11 is 1.36. The Labute approximate surface area is 111 Å². The molecule has 1 rings (SSSR count). The highest BCUT2D eigenvalue weighted by Crippen LogP contribution is 2.24. The summed E-state index contributed by atoms with van der Waals surface area (Å²) in [6.07, 6.45) is -0.391. The van der Waals surface area contributed by atoms with Crippen molar-refractivity contribution in [3.05, 3.63) is 10.6 Å². The van der Waals surface area contributed by atoms with Gasteiger partial charge in [-0.2, -0.15) is 0 Å². The SMILES string of the molecule is Cc1nc(NC(=O)OC(C)(C)C)sc1C[C@@H](C)O. The molecular weight excluding hydrogens is 252 g/mol. The molecule has 0 saturated carbocycles. The van der Waals surface area contributed by atoms with Crippen LogP contribution in [0.1, 0.15) is 38.3 Å². The minimum Gasteiger partial charge on any atom is -0.444 e. The van der Waals surface area contributed by atoms with Crippen molar-refractivity contribution < 1.29 is 14.6 Å². The quantitative estimate of drug-likeness (QED) is 0.887. The maximum absolute atomic E-state index is 11.6.